The first-order chi connectivity index (χ1) is 8.17. The van der Waals surface area contributed by atoms with E-state index in [4.69, 9.17) is 5.73 Å². The second-order valence-electron chi connectivity index (χ2n) is 6.02. The van der Waals surface area contributed by atoms with Gasteiger partial charge < -0.3 is 5.73 Å². The fourth-order valence-corrected chi connectivity index (χ4v) is 5.14. The number of rotatable bonds is 6. The first-order valence-corrected chi connectivity index (χ1v) is 8.49. The number of hydrogen-bond donors (Lipinski definition) is 1. The summed E-state index contributed by atoms with van der Waals surface area (Å²) in [5, 5.41) is 0. The van der Waals surface area contributed by atoms with E-state index in [2.05, 4.69) is 25.1 Å². The summed E-state index contributed by atoms with van der Waals surface area (Å²) >= 11 is 1.97. The Bertz CT molecular complexity index is 259. The maximum atomic E-state index is 6.20. The summed E-state index contributed by atoms with van der Waals surface area (Å²) in [4.78, 5) is 2.66. The summed E-state index contributed by atoms with van der Waals surface area (Å²) in [6.45, 7) is 3.17. The van der Waals surface area contributed by atoms with Crippen LogP contribution in [0.5, 0.6) is 0 Å². The van der Waals surface area contributed by atoms with E-state index in [9.17, 15) is 0 Å². The van der Waals surface area contributed by atoms with Crippen molar-refractivity contribution in [3.05, 3.63) is 0 Å². The maximum absolute atomic E-state index is 6.20. The van der Waals surface area contributed by atoms with Crippen molar-refractivity contribution in [2.75, 3.05) is 25.6 Å². The highest BCUT2D eigenvalue weighted by Crippen LogP contribution is 2.53. The van der Waals surface area contributed by atoms with Gasteiger partial charge in [0.15, 0.2) is 0 Å². The van der Waals surface area contributed by atoms with Gasteiger partial charge in [0.25, 0.3) is 0 Å². The molecule has 0 aromatic rings. The van der Waals surface area contributed by atoms with Crippen molar-refractivity contribution in [1.82, 2.24) is 4.90 Å². The lowest BCUT2D eigenvalue weighted by atomic mass is 9.79. The topological polar surface area (TPSA) is 29.3 Å². The highest BCUT2D eigenvalue weighted by Gasteiger charge is 2.53. The fraction of sp³-hybridized carbons (Fsp3) is 1.00. The maximum Gasteiger partial charge on any atom is 0.0362 e. The summed E-state index contributed by atoms with van der Waals surface area (Å²) in [6, 6.07) is 0.702. The third-order valence-corrected chi connectivity index (χ3v) is 6.10. The average molecular weight is 256 g/mol. The van der Waals surface area contributed by atoms with Gasteiger partial charge in [-0.15, -0.1) is 0 Å². The van der Waals surface area contributed by atoms with Crippen LogP contribution in [0.25, 0.3) is 0 Å². The summed E-state index contributed by atoms with van der Waals surface area (Å²) < 4.78 is 0. The van der Waals surface area contributed by atoms with Crippen molar-refractivity contribution < 1.29 is 0 Å². The predicted molar refractivity (Wildman–Crippen MR) is 77.5 cm³/mol. The highest BCUT2D eigenvalue weighted by atomic mass is 32.2. The molecule has 2 aliphatic rings. The molecule has 4 unspecified atom stereocenters. The van der Waals surface area contributed by atoms with Gasteiger partial charge in [-0.2, -0.15) is 11.8 Å². The number of fused-ring (bicyclic) bond motifs is 2. The lowest BCUT2D eigenvalue weighted by Crippen LogP contribution is -2.59. The summed E-state index contributed by atoms with van der Waals surface area (Å²) in [6.07, 6.45) is 9.14. The largest absolute Gasteiger partial charge is 0.329 e. The minimum absolute atomic E-state index is 0.333. The van der Waals surface area contributed by atoms with Gasteiger partial charge in [0, 0.05) is 23.9 Å². The Balaban J connectivity index is 2.12. The van der Waals surface area contributed by atoms with Crippen LogP contribution in [0.1, 0.15) is 39.0 Å². The first-order valence-electron chi connectivity index (χ1n) is 7.09. The first kappa shape index (κ1) is 13.7. The van der Waals surface area contributed by atoms with Gasteiger partial charge in [-0.3, -0.25) is 4.90 Å². The van der Waals surface area contributed by atoms with E-state index in [0.717, 1.165) is 18.4 Å². The summed E-state index contributed by atoms with van der Waals surface area (Å²) in [7, 11) is 2.33. The zero-order valence-electron chi connectivity index (χ0n) is 11.6. The molecule has 0 aliphatic heterocycles. The number of likely N-dealkylation sites (N-methyl/N-ethyl adjacent to an activating group) is 1. The molecular formula is C14H28N2S. The minimum Gasteiger partial charge on any atom is -0.329 e. The molecule has 17 heavy (non-hydrogen) atoms. The third-order valence-electron chi connectivity index (χ3n) is 5.38. The van der Waals surface area contributed by atoms with E-state index < -0.39 is 0 Å². The van der Waals surface area contributed by atoms with Crippen molar-refractivity contribution in [1.29, 1.82) is 0 Å². The van der Waals surface area contributed by atoms with Crippen LogP contribution < -0.4 is 5.73 Å². The van der Waals surface area contributed by atoms with Crippen LogP contribution in [-0.4, -0.2) is 42.1 Å². The molecule has 2 rings (SSSR count). The molecule has 2 fully saturated rings. The molecule has 0 aromatic heterocycles. The number of nitrogens with zero attached hydrogens (tertiary/aromatic N) is 1. The van der Waals surface area contributed by atoms with Crippen LogP contribution >= 0.6 is 11.8 Å². The molecule has 0 heterocycles. The van der Waals surface area contributed by atoms with Crippen molar-refractivity contribution in [3.8, 4) is 0 Å². The molecule has 0 radical (unpaired) electrons. The summed E-state index contributed by atoms with van der Waals surface area (Å²) in [5.74, 6) is 3.09. The van der Waals surface area contributed by atoms with E-state index in [1.54, 1.807) is 0 Å². The van der Waals surface area contributed by atoms with Crippen LogP contribution in [0.2, 0.25) is 0 Å². The lowest BCUT2D eigenvalue weighted by Gasteiger charge is -2.48. The predicted octanol–water partition coefficient (Wildman–Crippen LogP) is 2.58. The van der Waals surface area contributed by atoms with Gasteiger partial charge in [-0.05, 0) is 50.8 Å². The van der Waals surface area contributed by atoms with Crippen LogP contribution in [0, 0.1) is 11.8 Å². The molecule has 0 saturated heterocycles. The minimum atomic E-state index is 0.333. The Morgan fingerprint density at radius 3 is 2.65 bits per heavy atom. The highest BCUT2D eigenvalue weighted by molar-refractivity contribution is 7.98. The second-order valence-corrected chi connectivity index (χ2v) is 6.93. The zero-order valence-corrected chi connectivity index (χ0v) is 12.4. The van der Waals surface area contributed by atoms with Crippen LogP contribution in [0.15, 0.2) is 0 Å². The van der Waals surface area contributed by atoms with E-state index in [0.29, 0.717) is 11.6 Å². The molecule has 2 aliphatic carbocycles. The molecule has 4 atom stereocenters. The van der Waals surface area contributed by atoms with Gasteiger partial charge in [0.1, 0.15) is 0 Å². The molecule has 2 saturated carbocycles. The van der Waals surface area contributed by atoms with Gasteiger partial charge >= 0.3 is 0 Å². The molecule has 2 N–H and O–H groups in total. The molecule has 0 amide bonds. The molecule has 0 spiro atoms. The zero-order chi connectivity index (χ0) is 12.5. The Morgan fingerprint density at radius 2 is 2.24 bits per heavy atom. The quantitative estimate of drug-likeness (QED) is 0.792. The monoisotopic (exact) mass is 256 g/mol. The van der Waals surface area contributed by atoms with E-state index in [-0.39, 0.29) is 0 Å². The SMILES string of the molecule is CCC(CSC)N(C)C1(CN)CC2CCC1C2. The number of nitrogens with two attached hydrogens (primary N) is 1. The Kier molecular flexibility index (Phi) is 4.43. The van der Waals surface area contributed by atoms with Gasteiger partial charge in [-0.1, -0.05) is 13.3 Å². The average Bonchev–Trinajstić information content (AvgIpc) is 2.95. The summed E-state index contributed by atoms with van der Waals surface area (Å²) in [5.41, 5.74) is 6.53. The van der Waals surface area contributed by atoms with E-state index in [1.165, 1.54) is 37.9 Å². The van der Waals surface area contributed by atoms with E-state index >= 15 is 0 Å². The smallest absolute Gasteiger partial charge is 0.0362 e. The number of thioether (sulfide) groups is 1. The van der Waals surface area contributed by atoms with Crippen molar-refractivity contribution in [3.63, 3.8) is 0 Å². The van der Waals surface area contributed by atoms with E-state index in [1.807, 2.05) is 11.8 Å². The van der Waals surface area contributed by atoms with Crippen molar-refractivity contribution >= 4 is 11.8 Å². The Labute approximate surface area is 111 Å². The van der Waals surface area contributed by atoms with Crippen LogP contribution in [-0.2, 0) is 0 Å². The van der Waals surface area contributed by atoms with Gasteiger partial charge in [-0.25, -0.2) is 0 Å². The molecule has 100 valence electrons. The molecular weight excluding hydrogens is 228 g/mol. The molecule has 3 heteroatoms. The van der Waals surface area contributed by atoms with Gasteiger partial charge in [0.2, 0.25) is 0 Å². The van der Waals surface area contributed by atoms with Crippen molar-refractivity contribution in [2.45, 2.75) is 50.6 Å². The Hall–Kier alpha value is 0.270. The standard InChI is InChI=1S/C14H28N2S/c1-4-13(9-17-3)16(2)14(10-15)8-11-5-6-12(14)7-11/h11-13H,4-10,15H2,1-3H3. The molecule has 0 aromatic carbocycles. The number of hydrogen-bond acceptors (Lipinski definition) is 3. The van der Waals surface area contributed by atoms with Crippen molar-refractivity contribution in [2.24, 2.45) is 17.6 Å². The normalized spacial score (nSPS) is 37.9. The Morgan fingerprint density at radius 1 is 1.47 bits per heavy atom. The van der Waals surface area contributed by atoms with Crippen LogP contribution in [0.4, 0.5) is 0 Å². The molecule has 2 nitrogen and oxygen atoms in total. The fourth-order valence-electron chi connectivity index (χ4n) is 4.30. The second kappa shape index (κ2) is 5.50. The molecule has 2 bridgehead atoms. The van der Waals surface area contributed by atoms with Crippen LogP contribution in [0.3, 0.4) is 0 Å². The van der Waals surface area contributed by atoms with Gasteiger partial charge in [0.05, 0.1) is 0 Å². The lowest BCUT2D eigenvalue weighted by molar-refractivity contribution is 0.0350. The third kappa shape index (κ3) is 2.26.